The van der Waals surface area contributed by atoms with Gasteiger partial charge >= 0.3 is 0 Å². The van der Waals surface area contributed by atoms with Gasteiger partial charge in [0, 0.05) is 27.3 Å². The molecule has 0 aliphatic heterocycles. The van der Waals surface area contributed by atoms with Crippen LogP contribution in [0.1, 0.15) is 42.4 Å². The van der Waals surface area contributed by atoms with Gasteiger partial charge in [-0.15, -0.1) is 0 Å². The topological polar surface area (TPSA) is 34.9 Å². The lowest BCUT2D eigenvalue weighted by molar-refractivity contribution is 0.0991. The molecule has 2 aromatic rings. The van der Waals surface area contributed by atoms with E-state index in [1.807, 2.05) is 16.9 Å². The molecule has 0 saturated heterocycles. The number of benzene rings is 1. The number of rotatable bonds is 5. The SMILES string of the molecule is CCC(C)n1ccc(CC(=O)c2cc(Cl)cc(Br)c2)n1. The molecular weight excluding hydrogens is 340 g/mol. The minimum absolute atomic E-state index is 0.0163. The average Bonchev–Trinajstić information content (AvgIpc) is 2.85. The second kappa shape index (κ2) is 6.55. The lowest BCUT2D eigenvalue weighted by Crippen LogP contribution is -2.08. The molecule has 1 aromatic heterocycles. The van der Waals surface area contributed by atoms with Crippen LogP contribution in [-0.2, 0) is 6.42 Å². The van der Waals surface area contributed by atoms with Crippen molar-refractivity contribution in [2.24, 2.45) is 0 Å². The number of hydrogen-bond donors (Lipinski definition) is 0. The van der Waals surface area contributed by atoms with Gasteiger partial charge in [-0.1, -0.05) is 34.5 Å². The Hall–Kier alpha value is -1.13. The van der Waals surface area contributed by atoms with Gasteiger partial charge in [-0.05, 0) is 37.6 Å². The van der Waals surface area contributed by atoms with Gasteiger partial charge in [0.1, 0.15) is 0 Å². The molecule has 0 N–H and O–H groups in total. The highest BCUT2D eigenvalue weighted by Crippen LogP contribution is 2.21. The maximum absolute atomic E-state index is 12.2. The number of nitrogens with zero attached hydrogens (tertiary/aromatic N) is 2. The summed E-state index contributed by atoms with van der Waals surface area (Å²) in [6, 6.07) is 7.46. The van der Waals surface area contributed by atoms with Crippen LogP contribution in [0.5, 0.6) is 0 Å². The molecule has 0 saturated carbocycles. The van der Waals surface area contributed by atoms with Crippen LogP contribution >= 0.6 is 27.5 Å². The second-order valence-electron chi connectivity index (χ2n) is 4.80. The first-order valence-electron chi connectivity index (χ1n) is 6.53. The van der Waals surface area contributed by atoms with Crippen LogP contribution in [-0.4, -0.2) is 15.6 Å². The molecule has 0 aliphatic carbocycles. The molecule has 0 amide bonds. The lowest BCUT2D eigenvalue weighted by Gasteiger charge is -2.08. The van der Waals surface area contributed by atoms with Crippen LogP contribution in [0.3, 0.4) is 0 Å². The number of halogens is 2. The summed E-state index contributed by atoms with van der Waals surface area (Å²) in [6.07, 6.45) is 3.22. The molecule has 0 spiro atoms. The van der Waals surface area contributed by atoms with Gasteiger partial charge in [-0.3, -0.25) is 9.48 Å². The highest BCUT2D eigenvalue weighted by Gasteiger charge is 2.12. The van der Waals surface area contributed by atoms with Crippen LogP contribution in [0.25, 0.3) is 0 Å². The van der Waals surface area contributed by atoms with Crippen LogP contribution in [0.4, 0.5) is 0 Å². The van der Waals surface area contributed by atoms with Gasteiger partial charge in [0.05, 0.1) is 12.1 Å². The zero-order valence-electron chi connectivity index (χ0n) is 11.4. The maximum Gasteiger partial charge on any atom is 0.168 e. The minimum Gasteiger partial charge on any atom is -0.294 e. The number of carbonyl (C=O) groups excluding carboxylic acids is 1. The lowest BCUT2D eigenvalue weighted by atomic mass is 10.1. The number of aromatic nitrogens is 2. The molecule has 106 valence electrons. The van der Waals surface area contributed by atoms with Crippen molar-refractivity contribution in [2.45, 2.75) is 32.7 Å². The quantitative estimate of drug-likeness (QED) is 0.729. The number of hydrogen-bond acceptors (Lipinski definition) is 2. The third-order valence-corrected chi connectivity index (χ3v) is 3.91. The molecule has 20 heavy (non-hydrogen) atoms. The fourth-order valence-electron chi connectivity index (χ4n) is 1.89. The molecule has 0 aliphatic rings. The molecule has 1 atom stereocenters. The zero-order chi connectivity index (χ0) is 14.7. The van der Waals surface area contributed by atoms with E-state index in [1.165, 1.54) is 0 Å². The summed E-state index contributed by atoms with van der Waals surface area (Å²) < 4.78 is 2.70. The molecule has 1 heterocycles. The van der Waals surface area contributed by atoms with E-state index in [2.05, 4.69) is 34.9 Å². The van der Waals surface area contributed by atoms with E-state index in [4.69, 9.17) is 11.6 Å². The van der Waals surface area contributed by atoms with Gasteiger partial charge < -0.3 is 0 Å². The normalized spacial score (nSPS) is 12.4. The standard InChI is InChI=1S/C15H16BrClN2O/c1-3-10(2)19-5-4-14(18-19)9-15(20)11-6-12(16)8-13(17)7-11/h4-8,10H,3,9H2,1-2H3. The van der Waals surface area contributed by atoms with Gasteiger partial charge in [-0.2, -0.15) is 5.10 Å². The van der Waals surface area contributed by atoms with E-state index in [1.54, 1.807) is 18.2 Å². The van der Waals surface area contributed by atoms with E-state index in [0.29, 0.717) is 16.6 Å². The van der Waals surface area contributed by atoms with Gasteiger partial charge in [0.25, 0.3) is 0 Å². The Kier molecular flexibility index (Phi) is 5.00. The van der Waals surface area contributed by atoms with E-state index in [0.717, 1.165) is 16.6 Å². The predicted molar refractivity (Wildman–Crippen MR) is 84.4 cm³/mol. The van der Waals surface area contributed by atoms with Crippen molar-refractivity contribution >= 4 is 33.3 Å². The van der Waals surface area contributed by atoms with Crippen molar-refractivity contribution in [3.05, 3.63) is 51.2 Å². The van der Waals surface area contributed by atoms with Crippen LogP contribution in [0, 0.1) is 0 Å². The molecule has 0 fully saturated rings. The van der Waals surface area contributed by atoms with Crippen LogP contribution < -0.4 is 0 Å². The summed E-state index contributed by atoms with van der Waals surface area (Å²) in [6.45, 7) is 4.22. The van der Waals surface area contributed by atoms with Crippen molar-refractivity contribution in [1.82, 2.24) is 9.78 Å². The van der Waals surface area contributed by atoms with Crippen LogP contribution in [0.15, 0.2) is 34.9 Å². The van der Waals surface area contributed by atoms with Crippen molar-refractivity contribution in [3.63, 3.8) is 0 Å². The average molecular weight is 356 g/mol. The Morgan fingerprint density at radius 1 is 1.45 bits per heavy atom. The van der Waals surface area contributed by atoms with Crippen LogP contribution in [0.2, 0.25) is 5.02 Å². The summed E-state index contributed by atoms with van der Waals surface area (Å²) in [4.78, 5) is 12.2. The first kappa shape index (κ1) is 15.3. The van der Waals surface area contributed by atoms with Crippen molar-refractivity contribution in [3.8, 4) is 0 Å². The zero-order valence-corrected chi connectivity index (χ0v) is 13.8. The van der Waals surface area contributed by atoms with Crippen molar-refractivity contribution in [2.75, 3.05) is 0 Å². The van der Waals surface area contributed by atoms with E-state index < -0.39 is 0 Å². The first-order valence-corrected chi connectivity index (χ1v) is 7.70. The Bertz CT molecular complexity index is 604. The Morgan fingerprint density at radius 3 is 2.85 bits per heavy atom. The van der Waals surface area contributed by atoms with E-state index in [-0.39, 0.29) is 12.2 Å². The van der Waals surface area contributed by atoms with Gasteiger partial charge in [0.2, 0.25) is 0 Å². The van der Waals surface area contributed by atoms with E-state index >= 15 is 0 Å². The molecule has 1 aromatic carbocycles. The third-order valence-electron chi connectivity index (χ3n) is 3.23. The maximum atomic E-state index is 12.2. The van der Waals surface area contributed by atoms with Gasteiger partial charge in [-0.25, -0.2) is 0 Å². The smallest absolute Gasteiger partial charge is 0.168 e. The summed E-state index contributed by atoms with van der Waals surface area (Å²) in [5, 5.41) is 4.99. The minimum atomic E-state index is 0.0163. The predicted octanol–water partition coefficient (Wildman–Crippen LogP) is 4.70. The monoisotopic (exact) mass is 354 g/mol. The fraction of sp³-hybridized carbons (Fsp3) is 0.333. The summed E-state index contributed by atoms with van der Waals surface area (Å²) >= 11 is 9.30. The summed E-state index contributed by atoms with van der Waals surface area (Å²) in [5.41, 5.74) is 1.38. The van der Waals surface area contributed by atoms with E-state index in [9.17, 15) is 4.79 Å². The molecule has 3 nitrogen and oxygen atoms in total. The highest BCUT2D eigenvalue weighted by molar-refractivity contribution is 9.10. The van der Waals surface area contributed by atoms with Gasteiger partial charge in [0.15, 0.2) is 5.78 Å². The van der Waals surface area contributed by atoms with Crippen molar-refractivity contribution < 1.29 is 4.79 Å². The first-order chi connectivity index (χ1) is 9.49. The summed E-state index contributed by atoms with van der Waals surface area (Å²) in [5.74, 6) is 0.0163. The Labute approximate surface area is 132 Å². The molecule has 5 heteroatoms. The largest absolute Gasteiger partial charge is 0.294 e. The third kappa shape index (κ3) is 3.70. The van der Waals surface area contributed by atoms with Crippen molar-refractivity contribution in [1.29, 1.82) is 0 Å². The molecule has 2 rings (SSSR count). The molecule has 1 unspecified atom stereocenters. The highest BCUT2D eigenvalue weighted by atomic mass is 79.9. The second-order valence-corrected chi connectivity index (χ2v) is 6.15. The number of carbonyl (C=O) groups is 1. The number of Topliss-reactive ketones (excluding diaryl/α,β-unsaturated/α-hetero) is 1. The molecule has 0 bridgehead atoms. The summed E-state index contributed by atoms with van der Waals surface area (Å²) in [7, 11) is 0. The Morgan fingerprint density at radius 2 is 2.20 bits per heavy atom. The number of ketones is 1. The Balaban J connectivity index is 2.13. The molecular formula is C15H16BrClN2O. The fourth-order valence-corrected chi connectivity index (χ4v) is 2.75. The molecule has 0 radical (unpaired) electrons.